The van der Waals surface area contributed by atoms with Gasteiger partial charge in [0.2, 0.25) is 0 Å². The molecule has 1 fully saturated rings. The van der Waals surface area contributed by atoms with Gasteiger partial charge in [0, 0.05) is 28.0 Å². The molecule has 2 nitrogen and oxygen atoms in total. The Hall–Kier alpha value is -0.0300. The third kappa shape index (κ3) is 2.55. The Balaban J connectivity index is 1.76. The number of aliphatic hydroxyl groups excluding tert-OH is 1. The van der Waals surface area contributed by atoms with E-state index in [1.165, 1.54) is 22.6 Å². The first-order valence-corrected chi connectivity index (χ1v) is 8.27. The van der Waals surface area contributed by atoms with Crippen molar-refractivity contribution in [3.05, 3.63) is 21.4 Å². The van der Waals surface area contributed by atoms with E-state index in [0.29, 0.717) is 5.92 Å². The van der Waals surface area contributed by atoms with Gasteiger partial charge in [-0.2, -0.15) is 11.8 Å². The lowest BCUT2D eigenvalue weighted by molar-refractivity contribution is -0.00864. The molecule has 1 N–H and O–H groups in total. The predicted octanol–water partition coefficient (Wildman–Crippen LogP) is 3.00. The molecule has 2 unspecified atom stereocenters. The lowest BCUT2D eigenvalue weighted by atomic mass is 9.95. The Bertz CT molecular complexity index is 359. The second-order valence-electron chi connectivity index (χ2n) is 4.82. The Labute approximate surface area is 110 Å². The Morgan fingerprint density at radius 3 is 3.18 bits per heavy atom. The summed E-state index contributed by atoms with van der Waals surface area (Å²) in [6.07, 6.45) is 3.05. The predicted molar refractivity (Wildman–Crippen MR) is 72.7 cm³/mol. The van der Waals surface area contributed by atoms with E-state index in [1.807, 2.05) is 23.1 Å². The molecule has 3 heterocycles. The second kappa shape index (κ2) is 5.31. The van der Waals surface area contributed by atoms with Crippen molar-refractivity contribution < 1.29 is 9.84 Å². The van der Waals surface area contributed by atoms with Gasteiger partial charge in [-0.3, -0.25) is 0 Å². The molecule has 0 aromatic carbocycles. The topological polar surface area (TPSA) is 29.5 Å². The summed E-state index contributed by atoms with van der Waals surface area (Å²) in [6, 6.07) is 2.23. The number of ether oxygens (including phenoxy) is 1. The van der Waals surface area contributed by atoms with Crippen molar-refractivity contribution in [1.29, 1.82) is 0 Å². The summed E-state index contributed by atoms with van der Waals surface area (Å²) >= 11 is 3.82. The molecule has 2 atom stereocenters. The van der Waals surface area contributed by atoms with Crippen molar-refractivity contribution >= 4 is 23.1 Å². The third-order valence-electron chi connectivity index (χ3n) is 3.58. The van der Waals surface area contributed by atoms with Crippen molar-refractivity contribution in [3.63, 3.8) is 0 Å². The molecule has 0 saturated carbocycles. The molecule has 1 aromatic heterocycles. The minimum Gasteiger partial charge on any atom is -0.387 e. The number of thioether (sulfide) groups is 1. The zero-order valence-corrected chi connectivity index (χ0v) is 11.5. The fourth-order valence-corrected chi connectivity index (χ4v) is 5.02. The third-order valence-corrected chi connectivity index (χ3v) is 5.90. The van der Waals surface area contributed by atoms with Crippen LogP contribution >= 0.6 is 23.1 Å². The van der Waals surface area contributed by atoms with Crippen molar-refractivity contribution in [2.45, 2.75) is 31.1 Å². The smallest absolute Gasteiger partial charge is 0.0932 e. The highest BCUT2D eigenvalue weighted by Gasteiger charge is 2.26. The first-order valence-electron chi connectivity index (χ1n) is 6.29. The second-order valence-corrected chi connectivity index (χ2v) is 7.10. The first-order chi connectivity index (χ1) is 8.34. The first kappa shape index (κ1) is 12.0. The molecule has 17 heavy (non-hydrogen) atoms. The summed E-state index contributed by atoms with van der Waals surface area (Å²) in [4.78, 5) is 2.66. The van der Waals surface area contributed by atoms with Crippen LogP contribution in [-0.2, 0) is 16.9 Å². The molecule has 0 bridgehead atoms. The van der Waals surface area contributed by atoms with Gasteiger partial charge in [-0.05, 0) is 36.6 Å². The quantitative estimate of drug-likeness (QED) is 0.896. The highest BCUT2D eigenvalue weighted by Crippen LogP contribution is 2.38. The van der Waals surface area contributed by atoms with Crippen molar-refractivity contribution in [2.75, 3.05) is 19.0 Å². The summed E-state index contributed by atoms with van der Waals surface area (Å²) < 4.78 is 5.47. The van der Waals surface area contributed by atoms with E-state index in [4.69, 9.17) is 4.74 Å². The van der Waals surface area contributed by atoms with E-state index in [9.17, 15) is 5.11 Å². The van der Waals surface area contributed by atoms with Crippen LogP contribution in [0.4, 0.5) is 0 Å². The molecule has 0 aliphatic carbocycles. The minimum absolute atomic E-state index is 0.302. The van der Waals surface area contributed by atoms with E-state index >= 15 is 0 Å². The molecule has 0 spiro atoms. The number of thiophene rings is 1. The molecule has 4 heteroatoms. The van der Waals surface area contributed by atoms with Crippen LogP contribution in [0.5, 0.6) is 0 Å². The molecule has 2 aliphatic rings. The average Bonchev–Trinajstić information content (AvgIpc) is 2.82. The number of hydrogen-bond acceptors (Lipinski definition) is 4. The van der Waals surface area contributed by atoms with E-state index in [2.05, 4.69) is 6.07 Å². The van der Waals surface area contributed by atoms with Crippen LogP contribution in [0.2, 0.25) is 0 Å². The summed E-state index contributed by atoms with van der Waals surface area (Å²) in [5.41, 5.74) is 1.46. The average molecular weight is 270 g/mol. The number of fused-ring (bicyclic) bond motifs is 1. The molecule has 1 saturated heterocycles. The van der Waals surface area contributed by atoms with Crippen LogP contribution in [0.15, 0.2) is 6.07 Å². The fraction of sp³-hybridized carbons (Fsp3) is 0.692. The SMILES string of the molecule is OC(c1cc2c(s1)CCSC2)C1CCCOC1. The van der Waals surface area contributed by atoms with E-state index < -0.39 is 0 Å². The fourth-order valence-electron chi connectivity index (χ4n) is 2.56. The number of aliphatic hydroxyl groups is 1. The Kier molecular flexibility index (Phi) is 3.75. The largest absolute Gasteiger partial charge is 0.387 e. The van der Waals surface area contributed by atoms with Gasteiger partial charge in [0.15, 0.2) is 0 Å². The number of rotatable bonds is 2. The van der Waals surface area contributed by atoms with Gasteiger partial charge in [0.05, 0.1) is 12.7 Å². The maximum absolute atomic E-state index is 10.4. The van der Waals surface area contributed by atoms with Gasteiger partial charge in [-0.1, -0.05) is 0 Å². The summed E-state index contributed by atoms with van der Waals surface area (Å²) in [7, 11) is 0. The van der Waals surface area contributed by atoms with Gasteiger partial charge in [0.25, 0.3) is 0 Å². The standard InChI is InChI=1S/C13H18O2S2/c14-13(9-2-1-4-15-7-9)12-6-10-8-16-5-3-11(10)17-12/h6,9,13-14H,1-5,7-8H2. The summed E-state index contributed by atoms with van der Waals surface area (Å²) in [6.45, 7) is 1.58. The highest BCUT2D eigenvalue weighted by molar-refractivity contribution is 7.98. The molecule has 0 amide bonds. The molecule has 2 aliphatic heterocycles. The van der Waals surface area contributed by atoms with E-state index in [0.717, 1.165) is 36.7 Å². The van der Waals surface area contributed by atoms with Crippen LogP contribution in [0.1, 0.15) is 34.3 Å². The molecular formula is C13H18O2S2. The van der Waals surface area contributed by atoms with Crippen molar-refractivity contribution in [2.24, 2.45) is 5.92 Å². The van der Waals surface area contributed by atoms with Crippen molar-refractivity contribution in [3.8, 4) is 0 Å². The molecular weight excluding hydrogens is 252 g/mol. The maximum Gasteiger partial charge on any atom is 0.0932 e. The van der Waals surface area contributed by atoms with Gasteiger partial charge >= 0.3 is 0 Å². The van der Waals surface area contributed by atoms with Crippen LogP contribution in [0.3, 0.4) is 0 Å². The Morgan fingerprint density at radius 1 is 1.47 bits per heavy atom. The van der Waals surface area contributed by atoms with Crippen LogP contribution in [0.25, 0.3) is 0 Å². The Morgan fingerprint density at radius 2 is 2.41 bits per heavy atom. The minimum atomic E-state index is -0.309. The van der Waals surface area contributed by atoms with Gasteiger partial charge in [0.1, 0.15) is 0 Å². The molecule has 94 valence electrons. The van der Waals surface area contributed by atoms with Crippen LogP contribution in [-0.4, -0.2) is 24.1 Å². The van der Waals surface area contributed by atoms with Crippen LogP contribution < -0.4 is 0 Å². The summed E-state index contributed by atoms with van der Waals surface area (Å²) in [5, 5.41) is 10.4. The van der Waals surface area contributed by atoms with Crippen LogP contribution in [0, 0.1) is 5.92 Å². The molecule has 1 aromatic rings. The number of hydrogen-bond donors (Lipinski definition) is 1. The van der Waals surface area contributed by atoms with E-state index in [-0.39, 0.29) is 6.10 Å². The highest BCUT2D eigenvalue weighted by atomic mass is 32.2. The lowest BCUT2D eigenvalue weighted by Crippen LogP contribution is -2.23. The van der Waals surface area contributed by atoms with Gasteiger partial charge in [-0.15, -0.1) is 11.3 Å². The lowest BCUT2D eigenvalue weighted by Gasteiger charge is -2.25. The zero-order chi connectivity index (χ0) is 11.7. The molecule has 0 radical (unpaired) electrons. The van der Waals surface area contributed by atoms with Gasteiger partial charge in [-0.25, -0.2) is 0 Å². The maximum atomic E-state index is 10.4. The van der Waals surface area contributed by atoms with Gasteiger partial charge < -0.3 is 9.84 Å². The number of aryl methyl sites for hydroxylation is 1. The summed E-state index contributed by atoms with van der Waals surface area (Å²) in [5.74, 6) is 2.66. The zero-order valence-electron chi connectivity index (χ0n) is 9.85. The normalized spacial score (nSPS) is 26.5. The van der Waals surface area contributed by atoms with E-state index in [1.54, 1.807) is 0 Å². The van der Waals surface area contributed by atoms with Crippen molar-refractivity contribution in [1.82, 2.24) is 0 Å². The molecule has 3 rings (SSSR count). The monoisotopic (exact) mass is 270 g/mol.